The predicted octanol–water partition coefficient (Wildman–Crippen LogP) is 3.10. The third-order valence-corrected chi connectivity index (χ3v) is 6.18. The number of aromatic nitrogens is 2. The van der Waals surface area contributed by atoms with Gasteiger partial charge in [0.05, 0.1) is 10.7 Å². The molecule has 2 N–H and O–H groups in total. The number of piperidine rings is 1. The molecular weight excluding hydrogens is 391 g/mol. The van der Waals surface area contributed by atoms with Gasteiger partial charge in [0.25, 0.3) is 0 Å². The summed E-state index contributed by atoms with van der Waals surface area (Å²) < 4.78 is 0. The van der Waals surface area contributed by atoms with Crippen LogP contribution in [0.2, 0.25) is 0 Å². The van der Waals surface area contributed by atoms with E-state index in [1.54, 1.807) is 23.7 Å². The standard InChI is InChI=1S/C18H22N4OS.2ClH/c23-17(14-11-18(14)4-9-20-10-5-18)21-8-3-16-22-15(12-24-16)13-1-6-19-7-2-13;;/h1-2,6-7,12,14,20H,3-5,8-11H2,(H,21,23);2*1H. The first kappa shape index (κ1) is 21.1. The SMILES string of the molecule is Cl.Cl.O=C(NCCc1nc(-c2ccncc2)cs1)C1CC12CCNCC2. The topological polar surface area (TPSA) is 66.9 Å². The van der Waals surface area contributed by atoms with E-state index in [2.05, 4.69) is 26.0 Å². The van der Waals surface area contributed by atoms with Gasteiger partial charge in [-0.2, -0.15) is 0 Å². The average molecular weight is 415 g/mol. The molecule has 5 nitrogen and oxygen atoms in total. The third-order valence-electron chi connectivity index (χ3n) is 5.27. The Balaban J connectivity index is 0.00000121. The molecule has 2 fully saturated rings. The lowest BCUT2D eigenvalue weighted by molar-refractivity contribution is -0.123. The molecule has 1 unspecified atom stereocenters. The Hall–Kier alpha value is -1.21. The van der Waals surface area contributed by atoms with Crippen molar-refractivity contribution < 1.29 is 4.79 Å². The molecule has 1 aliphatic carbocycles. The number of pyridine rings is 1. The molecule has 1 spiro atoms. The van der Waals surface area contributed by atoms with E-state index in [9.17, 15) is 4.79 Å². The van der Waals surface area contributed by atoms with E-state index < -0.39 is 0 Å². The Bertz CT molecular complexity index is 719. The Kier molecular flexibility index (Phi) is 7.41. The summed E-state index contributed by atoms with van der Waals surface area (Å²) >= 11 is 1.65. The van der Waals surface area contributed by atoms with Gasteiger partial charge in [-0.05, 0) is 49.9 Å². The molecule has 1 saturated carbocycles. The summed E-state index contributed by atoms with van der Waals surface area (Å²) in [4.78, 5) is 21.0. The van der Waals surface area contributed by atoms with Crippen LogP contribution in [-0.4, -0.2) is 35.5 Å². The van der Waals surface area contributed by atoms with Crippen LogP contribution in [0.3, 0.4) is 0 Å². The number of hydrogen-bond acceptors (Lipinski definition) is 5. The first-order chi connectivity index (χ1) is 11.8. The minimum atomic E-state index is 0. The predicted molar refractivity (Wildman–Crippen MR) is 109 cm³/mol. The minimum absolute atomic E-state index is 0. The lowest BCUT2D eigenvalue weighted by Gasteiger charge is -2.23. The second-order valence-electron chi connectivity index (χ2n) is 6.77. The van der Waals surface area contributed by atoms with Gasteiger partial charge in [-0.3, -0.25) is 9.78 Å². The molecule has 26 heavy (non-hydrogen) atoms. The van der Waals surface area contributed by atoms with E-state index >= 15 is 0 Å². The Morgan fingerprint density at radius 3 is 2.73 bits per heavy atom. The molecule has 4 rings (SSSR count). The maximum absolute atomic E-state index is 12.3. The van der Waals surface area contributed by atoms with Gasteiger partial charge >= 0.3 is 0 Å². The molecule has 1 amide bonds. The number of thiazole rings is 1. The third kappa shape index (κ3) is 4.55. The van der Waals surface area contributed by atoms with Gasteiger partial charge in [-0.1, -0.05) is 0 Å². The van der Waals surface area contributed by atoms with Crippen molar-refractivity contribution in [3.8, 4) is 11.3 Å². The number of carbonyl (C=O) groups is 1. The van der Waals surface area contributed by atoms with Crippen LogP contribution >= 0.6 is 36.2 Å². The zero-order valence-electron chi connectivity index (χ0n) is 14.4. The van der Waals surface area contributed by atoms with Crippen LogP contribution in [0.4, 0.5) is 0 Å². The molecule has 0 radical (unpaired) electrons. The van der Waals surface area contributed by atoms with Crippen molar-refractivity contribution in [1.82, 2.24) is 20.6 Å². The molecule has 3 heterocycles. The van der Waals surface area contributed by atoms with Crippen LogP contribution in [0.1, 0.15) is 24.3 Å². The van der Waals surface area contributed by atoms with Crippen molar-refractivity contribution in [3.63, 3.8) is 0 Å². The number of carbonyl (C=O) groups excluding carboxylic acids is 1. The highest BCUT2D eigenvalue weighted by atomic mass is 35.5. The van der Waals surface area contributed by atoms with E-state index in [4.69, 9.17) is 0 Å². The van der Waals surface area contributed by atoms with Gasteiger partial charge in [0.15, 0.2) is 0 Å². The second kappa shape index (κ2) is 9.13. The lowest BCUT2D eigenvalue weighted by Crippen LogP contribution is -2.34. The first-order valence-corrected chi connectivity index (χ1v) is 9.48. The van der Waals surface area contributed by atoms with Crippen molar-refractivity contribution in [3.05, 3.63) is 34.9 Å². The summed E-state index contributed by atoms with van der Waals surface area (Å²) in [6.07, 6.45) is 7.72. The molecule has 2 aliphatic rings. The highest BCUT2D eigenvalue weighted by molar-refractivity contribution is 7.09. The van der Waals surface area contributed by atoms with Crippen molar-refractivity contribution in [2.24, 2.45) is 11.3 Å². The van der Waals surface area contributed by atoms with Crippen molar-refractivity contribution in [2.45, 2.75) is 25.7 Å². The average Bonchev–Trinajstić information content (AvgIpc) is 3.10. The van der Waals surface area contributed by atoms with Crippen molar-refractivity contribution in [1.29, 1.82) is 0 Å². The zero-order valence-corrected chi connectivity index (χ0v) is 16.9. The number of nitrogens with one attached hydrogen (secondary N) is 2. The van der Waals surface area contributed by atoms with E-state index in [-0.39, 0.29) is 36.6 Å². The maximum Gasteiger partial charge on any atom is 0.223 e. The van der Waals surface area contributed by atoms with Crippen molar-refractivity contribution in [2.75, 3.05) is 19.6 Å². The van der Waals surface area contributed by atoms with Gasteiger partial charge in [-0.15, -0.1) is 36.2 Å². The van der Waals surface area contributed by atoms with Crippen LogP contribution in [0.25, 0.3) is 11.3 Å². The summed E-state index contributed by atoms with van der Waals surface area (Å²) in [5.74, 6) is 0.478. The fraction of sp³-hybridized carbons (Fsp3) is 0.500. The number of rotatable bonds is 5. The molecule has 0 aromatic carbocycles. The molecule has 1 atom stereocenters. The molecule has 1 aliphatic heterocycles. The molecule has 2 aromatic heterocycles. The van der Waals surface area contributed by atoms with Gasteiger partial charge in [0.2, 0.25) is 5.91 Å². The number of nitrogens with zero attached hydrogens (tertiary/aromatic N) is 2. The Morgan fingerprint density at radius 1 is 1.27 bits per heavy atom. The monoisotopic (exact) mass is 414 g/mol. The fourth-order valence-corrected chi connectivity index (χ4v) is 4.50. The molecule has 2 aromatic rings. The first-order valence-electron chi connectivity index (χ1n) is 8.60. The van der Waals surface area contributed by atoms with Crippen LogP contribution in [0.5, 0.6) is 0 Å². The lowest BCUT2D eigenvalue weighted by atomic mass is 9.92. The normalized spacial score (nSPS) is 19.9. The second-order valence-corrected chi connectivity index (χ2v) is 7.72. The zero-order chi connectivity index (χ0) is 16.4. The quantitative estimate of drug-likeness (QED) is 0.788. The molecule has 1 saturated heterocycles. The van der Waals surface area contributed by atoms with Crippen LogP contribution in [-0.2, 0) is 11.2 Å². The van der Waals surface area contributed by atoms with E-state index in [0.717, 1.165) is 55.0 Å². The van der Waals surface area contributed by atoms with Crippen LogP contribution in [0.15, 0.2) is 29.9 Å². The van der Waals surface area contributed by atoms with Gasteiger partial charge in [0.1, 0.15) is 0 Å². The van der Waals surface area contributed by atoms with E-state index in [1.807, 2.05) is 12.1 Å². The number of amides is 1. The smallest absolute Gasteiger partial charge is 0.223 e. The maximum atomic E-state index is 12.3. The summed E-state index contributed by atoms with van der Waals surface area (Å²) in [5, 5.41) is 9.62. The van der Waals surface area contributed by atoms with Crippen LogP contribution < -0.4 is 10.6 Å². The highest BCUT2D eigenvalue weighted by Gasteiger charge is 2.57. The van der Waals surface area contributed by atoms with Gasteiger partial charge in [-0.25, -0.2) is 4.98 Å². The summed E-state index contributed by atoms with van der Waals surface area (Å²) in [6, 6.07) is 3.93. The Labute approximate surface area is 170 Å². The van der Waals surface area contributed by atoms with E-state index in [0.29, 0.717) is 12.0 Å². The van der Waals surface area contributed by atoms with Gasteiger partial charge in [0, 0.05) is 42.2 Å². The molecular formula is C18H24Cl2N4OS. The molecule has 8 heteroatoms. The summed E-state index contributed by atoms with van der Waals surface area (Å²) in [5.41, 5.74) is 2.38. The fourth-order valence-electron chi connectivity index (χ4n) is 3.69. The minimum Gasteiger partial charge on any atom is -0.355 e. The molecule has 0 bridgehead atoms. The van der Waals surface area contributed by atoms with E-state index in [1.165, 1.54) is 0 Å². The summed E-state index contributed by atoms with van der Waals surface area (Å²) in [7, 11) is 0. The highest BCUT2D eigenvalue weighted by Crippen LogP contribution is 2.58. The number of hydrogen-bond donors (Lipinski definition) is 2. The molecule has 142 valence electrons. The summed E-state index contributed by atoms with van der Waals surface area (Å²) in [6.45, 7) is 2.79. The number of halogens is 2. The van der Waals surface area contributed by atoms with Crippen molar-refractivity contribution >= 4 is 42.1 Å². The van der Waals surface area contributed by atoms with Gasteiger partial charge < -0.3 is 10.6 Å². The Morgan fingerprint density at radius 2 is 2.00 bits per heavy atom. The largest absolute Gasteiger partial charge is 0.355 e. The van der Waals surface area contributed by atoms with Crippen LogP contribution in [0, 0.1) is 11.3 Å².